The maximum Gasteiger partial charge on any atom is 0.271 e. The highest BCUT2D eigenvalue weighted by Crippen LogP contribution is 2.30. The first kappa shape index (κ1) is 22.2. The van der Waals surface area contributed by atoms with Crippen molar-refractivity contribution in [2.45, 2.75) is 33.7 Å². The van der Waals surface area contributed by atoms with Crippen LogP contribution in [0, 0.1) is 19.8 Å². The summed E-state index contributed by atoms with van der Waals surface area (Å²) in [6.07, 6.45) is 1.84. The van der Waals surface area contributed by atoms with Gasteiger partial charge in [0, 0.05) is 24.2 Å². The molecule has 0 radical (unpaired) electrons. The molecular formula is C23H25N5O2S2. The zero-order valence-corrected chi connectivity index (χ0v) is 20.0. The molecule has 166 valence electrons. The van der Waals surface area contributed by atoms with Gasteiger partial charge < -0.3 is 10.6 Å². The number of aromatic nitrogens is 3. The topological polar surface area (TPSA) is 88.4 Å². The Morgan fingerprint density at radius 1 is 1.09 bits per heavy atom. The van der Waals surface area contributed by atoms with Crippen molar-refractivity contribution in [3.63, 3.8) is 0 Å². The van der Waals surface area contributed by atoms with Crippen LogP contribution in [0.3, 0.4) is 0 Å². The average molecular weight is 468 g/mol. The van der Waals surface area contributed by atoms with Gasteiger partial charge in [-0.05, 0) is 25.3 Å². The van der Waals surface area contributed by atoms with Gasteiger partial charge in [0.2, 0.25) is 0 Å². The first-order valence-electron chi connectivity index (χ1n) is 10.4. The lowest BCUT2D eigenvalue weighted by molar-refractivity contribution is 0.0892. The van der Waals surface area contributed by atoms with E-state index in [1.54, 1.807) is 4.40 Å². The molecule has 1 aromatic carbocycles. The monoisotopic (exact) mass is 467 g/mol. The molecule has 9 heteroatoms. The molecule has 3 heterocycles. The minimum atomic E-state index is -0.247. The normalized spacial score (nSPS) is 12.3. The standard InChI is InChI=1S/C23H25N5O2S2/c1-13(2)17(12-24-22(30)19-14(3)25-23-28(19)10-11-31-23)27-21(29)18-20(32-15(4)26-18)16-8-6-5-7-9-16/h5-11,13,17H,12H2,1-4H3,(H,24,30)(H,27,29)/t17-/m1/s1. The van der Waals surface area contributed by atoms with Crippen LogP contribution in [0.4, 0.5) is 0 Å². The smallest absolute Gasteiger partial charge is 0.271 e. The van der Waals surface area contributed by atoms with E-state index in [0.29, 0.717) is 23.6 Å². The van der Waals surface area contributed by atoms with Crippen LogP contribution in [-0.2, 0) is 0 Å². The van der Waals surface area contributed by atoms with Crippen LogP contribution < -0.4 is 10.6 Å². The van der Waals surface area contributed by atoms with Crippen molar-refractivity contribution < 1.29 is 9.59 Å². The van der Waals surface area contributed by atoms with Crippen molar-refractivity contribution >= 4 is 39.4 Å². The summed E-state index contributed by atoms with van der Waals surface area (Å²) in [4.78, 5) is 36.6. The van der Waals surface area contributed by atoms with Crippen LogP contribution in [0.2, 0.25) is 0 Å². The number of rotatable bonds is 7. The van der Waals surface area contributed by atoms with E-state index in [-0.39, 0.29) is 23.8 Å². The number of nitrogens with zero attached hydrogens (tertiary/aromatic N) is 3. The Balaban J connectivity index is 1.49. The highest BCUT2D eigenvalue weighted by Gasteiger charge is 2.24. The third-order valence-corrected chi connectivity index (χ3v) is 7.02. The van der Waals surface area contributed by atoms with E-state index in [4.69, 9.17) is 0 Å². The molecular weight excluding hydrogens is 442 g/mol. The number of amides is 2. The zero-order chi connectivity index (χ0) is 22.8. The molecule has 4 aromatic rings. The number of imidazole rings is 1. The number of thiazole rings is 2. The van der Waals surface area contributed by atoms with Crippen LogP contribution in [0.5, 0.6) is 0 Å². The van der Waals surface area contributed by atoms with E-state index in [1.807, 2.05) is 69.6 Å². The predicted molar refractivity (Wildman–Crippen MR) is 129 cm³/mol. The summed E-state index contributed by atoms with van der Waals surface area (Å²) >= 11 is 2.99. The molecule has 0 aliphatic carbocycles. The van der Waals surface area contributed by atoms with Crippen molar-refractivity contribution in [2.75, 3.05) is 6.54 Å². The Hall–Kier alpha value is -3.04. The molecule has 0 aliphatic heterocycles. The molecule has 1 atom stereocenters. The SMILES string of the molecule is Cc1nc(C(=O)N[C@H](CNC(=O)c2c(C)nc3sccn23)C(C)C)c(-c2ccccc2)s1. The number of nitrogens with one attached hydrogen (secondary N) is 2. The Labute approximate surface area is 194 Å². The highest BCUT2D eigenvalue weighted by molar-refractivity contribution is 7.15. The van der Waals surface area contributed by atoms with Gasteiger partial charge in [0.15, 0.2) is 4.96 Å². The Bertz CT molecular complexity index is 1260. The van der Waals surface area contributed by atoms with Crippen LogP contribution in [-0.4, -0.2) is 38.8 Å². The number of carbonyl (C=O) groups excluding carboxylic acids is 2. The number of benzene rings is 1. The van der Waals surface area contributed by atoms with Crippen LogP contribution in [0.25, 0.3) is 15.4 Å². The van der Waals surface area contributed by atoms with Gasteiger partial charge >= 0.3 is 0 Å². The maximum absolute atomic E-state index is 13.1. The first-order chi connectivity index (χ1) is 15.3. The number of fused-ring (bicyclic) bond motifs is 1. The Morgan fingerprint density at radius 3 is 2.56 bits per heavy atom. The van der Waals surface area contributed by atoms with Gasteiger partial charge in [-0.25, -0.2) is 9.97 Å². The third-order valence-electron chi connectivity index (χ3n) is 5.24. The van der Waals surface area contributed by atoms with Gasteiger partial charge in [0.1, 0.15) is 11.4 Å². The van der Waals surface area contributed by atoms with E-state index >= 15 is 0 Å². The van der Waals surface area contributed by atoms with Crippen LogP contribution >= 0.6 is 22.7 Å². The van der Waals surface area contributed by atoms with E-state index in [1.165, 1.54) is 22.7 Å². The van der Waals surface area contributed by atoms with Gasteiger partial charge in [-0.3, -0.25) is 14.0 Å². The van der Waals surface area contributed by atoms with Crippen molar-refractivity contribution in [2.24, 2.45) is 5.92 Å². The lowest BCUT2D eigenvalue weighted by atomic mass is 10.0. The fourth-order valence-electron chi connectivity index (χ4n) is 3.51. The highest BCUT2D eigenvalue weighted by atomic mass is 32.1. The van der Waals surface area contributed by atoms with Gasteiger partial charge in [0.25, 0.3) is 11.8 Å². The summed E-state index contributed by atoms with van der Waals surface area (Å²) in [5.41, 5.74) is 2.59. The summed E-state index contributed by atoms with van der Waals surface area (Å²) < 4.78 is 1.79. The number of carbonyl (C=O) groups is 2. The molecule has 0 saturated heterocycles. The largest absolute Gasteiger partial charge is 0.349 e. The molecule has 0 bridgehead atoms. The summed E-state index contributed by atoms with van der Waals surface area (Å²) in [5.74, 6) is -0.323. The van der Waals surface area contributed by atoms with E-state index < -0.39 is 0 Å². The quantitative estimate of drug-likeness (QED) is 0.424. The summed E-state index contributed by atoms with van der Waals surface area (Å²) in [7, 11) is 0. The molecule has 0 saturated carbocycles. The molecule has 2 amide bonds. The van der Waals surface area contributed by atoms with Gasteiger partial charge in [-0.2, -0.15) is 0 Å². The maximum atomic E-state index is 13.1. The number of aryl methyl sites for hydroxylation is 2. The van der Waals surface area contributed by atoms with Crippen molar-refractivity contribution in [1.82, 2.24) is 25.0 Å². The minimum absolute atomic E-state index is 0.117. The Kier molecular flexibility index (Phi) is 6.38. The van der Waals surface area contributed by atoms with Gasteiger partial charge in [-0.15, -0.1) is 22.7 Å². The molecule has 2 N–H and O–H groups in total. The molecule has 0 aliphatic rings. The lowest BCUT2D eigenvalue weighted by Crippen LogP contribution is -2.47. The van der Waals surface area contributed by atoms with E-state index in [2.05, 4.69) is 20.6 Å². The fourth-order valence-corrected chi connectivity index (χ4v) is 5.19. The lowest BCUT2D eigenvalue weighted by Gasteiger charge is -2.22. The third kappa shape index (κ3) is 4.44. The fraction of sp³-hybridized carbons (Fsp3) is 0.304. The van der Waals surface area contributed by atoms with Crippen LogP contribution in [0.1, 0.15) is 45.5 Å². The summed E-state index contributed by atoms with van der Waals surface area (Å²) in [6, 6.07) is 9.54. The zero-order valence-electron chi connectivity index (χ0n) is 18.4. The second-order valence-electron chi connectivity index (χ2n) is 7.91. The van der Waals surface area contributed by atoms with Gasteiger partial charge in [-0.1, -0.05) is 44.2 Å². The minimum Gasteiger partial charge on any atom is -0.349 e. The van der Waals surface area contributed by atoms with Crippen molar-refractivity contribution in [3.05, 3.63) is 64.0 Å². The van der Waals surface area contributed by atoms with Crippen molar-refractivity contribution in [3.8, 4) is 10.4 Å². The second kappa shape index (κ2) is 9.22. The van der Waals surface area contributed by atoms with Crippen molar-refractivity contribution in [1.29, 1.82) is 0 Å². The summed E-state index contributed by atoms with van der Waals surface area (Å²) in [5, 5.41) is 8.78. The molecule has 0 unspecified atom stereocenters. The second-order valence-corrected chi connectivity index (χ2v) is 9.99. The molecule has 4 rings (SSSR count). The molecule has 7 nitrogen and oxygen atoms in total. The summed E-state index contributed by atoms with van der Waals surface area (Å²) in [6.45, 7) is 8.06. The first-order valence-corrected chi connectivity index (χ1v) is 12.1. The molecule has 0 spiro atoms. The number of hydrogen-bond acceptors (Lipinski definition) is 6. The number of hydrogen-bond donors (Lipinski definition) is 2. The Morgan fingerprint density at radius 2 is 1.84 bits per heavy atom. The van der Waals surface area contributed by atoms with E-state index in [0.717, 1.165) is 20.4 Å². The van der Waals surface area contributed by atoms with Gasteiger partial charge in [0.05, 0.1) is 15.6 Å². The van der Waals surface area contributed by atoms with E-state index in [9.17, 15) is 9.59 Å². The van der Waals surface area contributed by atoms with Crippen LogP contribution in [0.15, 0.2) is 41.9 Å². The predicted octanol–water partition coefficient (Wildman–Crippen LogP) is 4.32. The molecule has 0 fully saturated rings. The molecule has 3 aromatic heterocycles. The average Bonchev–Trinajstić information content (AvgIpc) is 3.45. The molecule has 32 heavy (non-hydrogen) atoms.